The second-order valence-electron chi connectivity index (χ2n) is 17.1. The first-order valence-corrected chi connectivity index (χ1v) is 20.8. The Balaban J connectivity index is 1.25. The van der Waals surface area contributed by atoms with E-state index in [9.17, 15) is 24.0 Å². The van der Waals surface area contributed by atoms with Gasteiger partial charge in [-0.25, -0.2) is 4.98 Å². The number of benzene rings is 1. The van der Waals surface area contributed by atoms with Crippen molar-refractivity contribution in [1.82, 2.24) is 20.2 Å². The van der Waals surface area contributed by atoms with E-state index >= 15 is 0 Å². The Kier molecular flexibility index (Phi) is 13.6. The van der Waals surface area contributed by atoms with E-state index in [1.807, 2.05) is 27.7 Å². The third-order valence-corrected chi connectivity index (χ3v) is 11.7. The molecule has 3 aromatic rings. The van der Waals surface area contributed by atoms with Crippen LogP contribution in [-0.4, -0.2) is 81.9 Å². The van der Waals surface area contributed by atoms with Crippen LogP contribution in [0, 0.1) is 23.2 Å². The molecule has 13 nitrogen and oxygen atoms in total. The Labute approximate surface area is 339 Å². The molecule has 14 heteroatoms. The number of hydrogen-bond donors (Lipinski definition) is 2. The number of carbonyl (C=O) groups is 5. The number of amides is 2. The maximum Gasteiger partial charge on any atom is 0.296 e. The lowest BCUT2D eigenvalue weighted by atomic mass is 9.82. The highest BCUT2D eigenvalue weighted by atomic mass is 35.5. The minimum Gasteiger partial charge on any atom is -0.497 e. The molecule has 1 saturated heterocycles. The summed E-state index contributed by atoms with van der Waals surface area (Å²) in [5, 5.41) is 6.79. The van der Waals surface area contributed by atoms with Crippen LogP contribution in [0.15, 0.2) is 40.9 Å². The number of nitrogens with zero attached hydrogens (tertiary/aromatic N) is 3. The zero-order chi connectivity index (χ0) is 40.9. The maximum absolute atomic E-state index is 14.9. The summed E-state index contributed by atoms with van der Waals surface area (Å²) in [6.45, 7) is 7.57. The summed E-state index contributed by atoms with van der Waals surface area (Å²) >= 11 is 6.06. The fourth-order valence-corrected chi connectivity index (χ4v) is 8.25. The van der Waals surface area contributed by atoms with Gasteiger partial charge in [-0.05, 0) is 67.6 Å². The predicted molar refractivity (Wildman–Crippen MR) is 215 cm³/mol. The van der Waals surface area contributed by atoms with Crippen molar-refractivity contribution in [2.45, 2.75) is 129 Å². The van der Waals surface area contributed by atoms with Gasteiger partial charge in [0.1, 0.15) is 29.5 Å². The highest BCUT2D eigenvalue weighted by molar-refractivity contribution is 6.38. The summed E-state index contributed by atoms with van der Waals surface area (Å²) in [4.78, 5) is 80.3. The fourth-order valence-electron chi connectivity index (χ4n) is 8.14. The van der Waals surface area contributed by atoms with E-state index in [1.54, 1.807) is 37.4 Å². The standard InChI is InChI=1S/C43H56ClN5O8/c1-6-10-27(38(52)34(51)19-25-13-14-25)20-33(50)32-22-30(56-36-18-15-28(44)23-45-36)24-49(32)41(54)39(43(2,3)4)48-40(53)37(26-11-8-7-9-12-26)47-42-46-31-21-29(55-5)16-17-35(31)57-42/h15-18,21,23,25-27,30,32,37,39H,6-14,19-20,22,24H2,1-5H3,(H,46,47)(H,48,53)/t27-,30-,32+,37+,39-/m1/s1. The normalized spacial score (nSPS) is 20.4. The van der Waals surface area contributed by atoms with Crippen molar-refractivity contribution in [1.29, 1.82) is 0 Å². The summed E-state index contributed by atoms with van der Waals surface area (Å²) in [6, 6.07) is 6.00. The molecule has 2 amide bonds. The van der Waals surface area contributed by atoms with E-state index in [4.69, 9.17) is 25.5 Å². The number of ether oxygens (including phenoxy) is 2. The number of ketones is 3. The highest BCUT2D eigenvalue weighted by Gasteiger charge is 2.47. The van der Waals surface area contributed by atoms with Gasteiger partial charge in [-0.1, -0.05) is 65.0 Å². The smallest absolute Gasteiger partial charge is 0.296 e. The number of pyridine rings is 1. The lowest BCUT2D eigenvalue weighted by Crippen LogP contribution is -2.59. The molecule has 2 N–H and O–H groups in total. The minimum atomic E-state index is -1.04. The van der Waals surface area contributed by atoms with Crippen LogP contribution in [0.5, 0.6) is 11.6 Å². The highest BCUT2D eigenvalue weighted by Crippen LogP contribution is 2.35. The Morgan fingerprint density at radius 1 is 1.04 bits per heavy atom. The fraction of sp³-hybridized carbons (Fsp3) is 0.605. The van der Waals surface area contributed by atoms with Crippen LogP contribution in [0.25, 0.3) is 11.1 Å². The van der Waals surface area contributed by atoms with Gasteiger partial charge < -0.3 is 29.4 Å². The van der Waals surface area contributed by atoms with Gasteiger partial charge in [-0.3, -0.25) is 24.0 Å². The number of aromatic nitrogens is 2. The number of rotatable bonds is 18. The van der Waals surface area contributed by atoms with Gasteiger partial charge in [-0.15, -0.1) is 0 Å². The zero-order valence-electron chi connectivity index (χ0n) is 33.7. The molecule has 308 valence electrons. The molecule has 3 fully saturated rings. The number of hydrogen-bond acceptors (Lipinski definition) is 11. The van der Waals surface area contributed by atoms with Crippen molar-refractivity contribution in [3.05, 3.63) is 41.6 Å². The lowest BCUT2D eigenvalue weighted by molar-refractivity contribution is -0.145. The molecule has 0 radical (unpaired) electrons. The summed E-state index contributed by atoms with van der Waals surface area (Å²) < 4.78 is 17.5. The molecule has 6 rings (SSSR count). The molecule has 1 aromatic carbocycles. The Morgan fingerprint density at radius 2 is 1.79 bits per heavy atom. The van der Waals surface area contributed by atoms with Crippen LogP contribution >= 0.6 is 11.6 Å². The molecule has 2 aliphatic carbocycles. The number of oxazole rings is 1. The zero-order valence-corrected chi connectivity index (χ0v) is 34.4. The van der Waals surface area contributed by atoms with Gasteiger partial charge >= 0.3 is 0 Å². The average Bonchev–Trinajstić information content (AvgIpc) is 3.75. The van der Waals surface area contributed by atoms with Crippen molar-refractivity contribution in [2.75, 3.05) is 19.0 Å². The maximum atomic E-state index is 14.9. The van der Waals surface area contributed by atoms with Gasteiger partial charge in [0, 0.05) is 43.5 Å². The summed E-state index contributed by atoms with van der Waals surface area (Å²) in [7, 11) is 1.57. The van der Waals surface area contributed by atoms with E-state index in [-0.39, 0.29) is 61.2 Å². The summed E-state index contributed by atoms with van der Waals surface area (Å²) in [5.74, 6) is -1.72. The van der Waals surface area contributed by atoms with Gasteiger partial charge in [-0.2, -0.15) is 4.98 Å². The number of nitrogens with one attached hydrogen (secondary N) is 2. The largest absolute Gasteiger partial charge is 0.497 e. The van der Waals surface area contributed by atoms with Crippen LogP contribution in [0.1, 0.15) is 105 Å². The second-order valence-corrected chi connectivity index (χ2v) is 17.5. The molecule has 5 atom stereocenters. The van der Waals surface area contributed by atoms with Crippen molar-refractivity contribution >= 4 is 57.9 Å². The van der Waals surface area contributed by atoms with Crippen LogP contribution < -0.4 is 20.1 Å². The van der Waals surface area contributed by atoms with E-state index in [2.05, 4.69) is 20.6 Å². The van der Waals surface area contributed by atoms with Crippen molar-refractivity contribution < 1.29 is 37.9 Å². The van der Waals surface area contributed by atoms with E-state index < -0.39 is 53.0 Å². The number of anilines is 1. The summed E-state index contributed by atoms with van der Waals surface area (Å²) in [6.07, 6.45) is 8.58. The first-order chi connectivity index (χ1) is 27.2. The predicted octanol–water partition coefficient (Wildman–Crippen LogP) is 7.14. The van der Waals surface area contributed by atoms with E-state index in [1.165, 1.54) is 11.1 Å². The van der Waals surface area contributed by atoms with Crippen LogP contribution in [0.2, 0.25) is 5.02 Å². The topological polar surface area (TPSA) is 170 Å². The summed E-state index contributed by atoms with van der Waals surface area (Å²) in [5.41, 5.74) is 0.334. The average molecular weight is 806 g/mol. The molecule has 1 aliphatic heterocycles. The minimum absolute atomic E-state index is 0.0413. The van der Waals surface area contributed by atoms with Gasteiger partial charge in [0.15, 0.2) is 17.1 Å². The van der Waals surface area contributed by atoms with Gasteiger partial charge in [0.25, 0.3) is 6.01 Å². The SMILES string of the molecule is CCC[C@H](CC(=O)[C@@H]1C[C@@H](Oc2ccc(Cl)cn2)CN1C(=O)[C@@H](NC(=O)[C@@H](Nc1nc2cc(OC)ccc2o1)C1CCCCC1)C(C)(C)C)C(=O)C(=O)CC1CC1. The monoisotopic (exact) mass is 805 g/mol. The van der Waals surface area contributed by atoms with Crippen LogP contribution in [0.3, 0.4) is 0 Å². The number of halogens is 1. The molecule has 0 bridgehead atoms. The van der Waals surface area contributed by atoms with Crippen LogP contribution in [-0.2, 0) is 24.0 Å². The molecule has 0 spiro atoms. The third kappa shape index (κ3) is 10.7. The van der Waals surface area contributed by atoms with Crippen molar-refractivity contribution in [3.63, 3.8) is 0 Å². The van der Waals surface area contributed by atoms with Gasteiger partial charge in [0.2, 0.25) is 23.5 Å². The third-order valence-electron chi connectivity index (χ3n) is 11.5. The Morgan fingerprint density at radius 3 is 2.44 bits per heavy atom. The molecule has 3 aliphatic rings. The quantitative estimate of drug-likeness (QED) is 0.125. The molecule has 3 heterocycles. The first kappa shape index (κ1) is 42.1. The lowest BCUT2D eigenvalue weighted by Gasteiger charge is -2.37. The van der Waals surface area contributed by atoms with Crippen molar-refractivity contribution in [3.8, 4) is 11.6 Å². The Hall–Kier alpha value is -4.52. The number of likely N-dealkylation sites (tertiary alicyclic amines) is 1. The van der Waals surface area contributed by atoms with E-state index in [0.29, 0.717) is 34.7 Å². The Bertz CT molecular complexity index is 1920. The molecule has 0 unspecified atom stereocenters. The van der Waals surface area contributed by atoms with Crippen molar-refractivity contribution in [2.24, 2.45) is 23.2 Å². The molecule has 2 saturated carbocycles. The molecule has 2 aromatic heterocycles. The molecular formula is C43H56ClN5O8. The second kappa shape index (κ2) is 18.4. The number of fused-ring (bicyclic) bond motifs is 1. The van der Waals surface area contributed by atoms with Crippen LogP contribution in [0.4, 0.5) is 6.01 Å². The number of carbonyl (C=O) groups excluding carboxylic acids is 5. The van der Waals surface area contributed by atoms with E-state index in [0.717, 1.165) is 44.9 Å². The number of Topliss-reactive ketones (excluding diaryl/α,β-unsaturated/α-hetero) is 3. The molecule has 57 heavy (non-hydrogen) atoms. The van der Waals surface area contributed by atoms with Gasteiger partial charge in [0.05, 0.1) is 24.7 Å². The molecular weight excluding hydrogens is 750 g/mol. The number of methoxy groups -OCH3 is 1. The first-order valence-electron chi connectivity index (χ1n) is 20.4.